The second kappa shape index (κ2) is 11.9. The van der Waals surface area contributed by atoms with Gasteiger partial charge in [-0.05, 0) is 24.0 Å². The molecule has 0 bridgehead atoms. The monoisotopic (exact) mass is 474 g/mol. The van der Waals surface area contributed by atoms with E-state index in [1.807, 2.05) is 30.5 Å². The van der Waals surface area contributed by atoms with E-state index in [4.69, 9.17) is 10.5 Å². The van der Waals surface area contributed by atoms with Gasteiger partial charge in [0.2, 0.25) is 0 Å². The molecular weight excluding hydrogens is 440 g/mol. The van der Waals surface area contributed by atoms with Gasteiger partial charge in [0.25, 0.3) is 0 Å². The summed E-state index contributed by atoms with van der Waals surface area (Å²) in [5.41, 5.74) is 9.73. The molecule has 2 aromatic carbocycles. The van der Waals surface area contributed by atoms with Crippen LogP contribution in [0.15, 0.2) is 67.0 Å². The van der Waals surface area contributed by atoms with E-state index in [-0.39, 0.29) is 31.4 Å². The molecule has 2 atom stereocenters. The third kappa shape index (κ3) is 5.51. The molecule has 5 rings (SSSR count). The number of benzene rings is 2. The van der Waals surface area contributed by atoms with Gasteiger partial charge in [0.05, 0.1) is 25.6 Å². The van der Waals surface area contributed by atoms with Crippen LogP contribution in [0.5, 0.6) is 0 Å². The second-order valence-electron chi connectivity index (χ2n) is 8.24. The van der Waals surface area contributed by atoms with Crippen molar-refractivity contribution in [3.63, 3.8) is 0 Å². The van der Waals surface area contributed by atoms with E-state index in [1.165, 1.54) is 11.1 Å². The Morgan fingerprint density at radius 3 is 2.26 bits per heavy atom. The van der Waals surface area contributed by atoms with E-state index in [9.17, 15) is 5.11 Å². The maximum Gasteiger partial charge on any atom is 0.167 e. The number of hydrogen-bond acceptors (Lipinski definition) is 7. The molecule has 8 heteroatoms. The molecule has 184 valence electrons. The minimum Gasteiger partial charge on any atom is -0.394 e. The van der Waals surface area contributed by atoms with Gasteiger partial charge >= 0.3 is 0 Å². The molecule has 1 fully saturated rings. The molecule has 0 amide bonds. The number of fused-ring (bicyclic) bond motifs is 1. The minimum atomic E-state index is -0.207. The van der Waals surface area contributed by atoms with Gasteiger partial charge in [-0.1, -0.05) is 74.5 Å². The van der Waals surface area contributed by atoms with E-state index in [1.54, 1.807) is 6.33 Å². The summed E-state index contributed by atoms with van der Waals surface area (Å²) in [6.45, 7) is 4.88. The normalized spacial score (nSPS) is 17.4. The Balaban J connectivity index is 0.00000141. The van der Waals surface area contributed by atoms with Crippen LogP contribution in [0.1, 0.15) is 55.8 Å². The smallest absolute Gasteiger partial charge is 0.167 e. The molecular formula is C27H34N6O2. The SMILES string of the molecule is CC.NCc1nc(NCC(c2ccccc2)c2ccccc2)c2ncn(C3CCC(CO)O3)c2n1. The Kier molecular flexibility index (Phi) is 8.41. The molecule has 0 radical (unpaired) electrons. The van der Waals surface area contributed by atoms with Gasteiger partial charge in [-0.15, -0.1) is 0 Å². The summed E-state index contributed by atoms with van der Waals surface area (Å²) in [6, 6.07) is 20.9. The molecule has 2 aromatic heterocycles. The van der Waals surface area contributed by atoms with Crippen molar-refractivity contribution in [2.24, 2.45) is 5.73 Å². The Bertz CT molecular complexity index is 1160. The Labute approximate surface area is 206 Å². The van der Waals surface area contributed by atoms with Crippen molar-refractivity contribution >= 4 is 17.0 Å². The van der Waals surface area contributed by atoms with Crippen LogP contribution in [0, 0.1) is 0 Å². The molecule has 2 unspecified atom stereocenters. The van der Waals surface area contributed by atoms with Crippen molar-refractivity contribution in [3.8, 4) is 0 Å². The molecule has 0 spiro atoms. The predicted molar refractivity (Wildman–Crippen MR) is 138 cm³/mol. The standard InChI is InChI=1S/C25H28N6O2.C2H6/c26-13-21-29-24(23-25(30-21)31(16-28-23)22-12-11-19(15-32)33-22)27-14-20(17-7-3-1-4-8-17)18-9-5-2-6-10-18;1-2/h1-10,16,19-20,22,32H,11-15,26H2,(H,27,29,30);1-2H3. The first kappa shape index (κ1) is 24.8. The van der Waals surface area contributed by atoms with Gasteiger partial charge in [0.1, 0.15) is 12.1 Å². The van der Waals surface area contributed by atoms with E-state index in [0.717, 1.165) is 12.8 Å². The highest BCUT2D eigenvalue weighted by Gasteiger charge is 2.28. The van der Waals surface area contributed by atoms with E-state index in [2.05, 4.69) is 68.8 Å². The fourth-order valence-corrected chi connectivity index (χ4v) is 4.41. The van der Waals surface area contributed by atoms with Crippen LogP contribution in [0.3, 0.4) is 0 Å². The lowest BCUT2D eigenvalue weighted by atomic mass is 9.91. The fraction of sp³-hybridized carbons (Fsp3) is 0.370. The highest BCUT2D eigenvalue weighted by Crippen LogP contribution is 2.32. The highest BCUT2D eigenvalue weighted by atomic mass is 16.5. The summed E-state index contributed by atoms with van der Waals surface area (Å²) >= 11 is 0. The largest absolute Gasteiger partial charge is 0.394 e. The van der Waals surface area contributed by atoms with Crippen molar-refractivity contribution in [1.29, 1.82) is 0 Å². The van der Waals surface area contributed by atoms with Crippen LogP contribution >= 0.6 is 0 Å². The van der Waals surface area contributed by atoms with E-state index < -0.39 is 0 Å². The van der Waals surface area contributed by atoms with E-state index >= 15 is 0 Å². The van der Waals surface area contributed by atoms with Gasteiger partial charge in [0, 0.05) is 12.5 Å². The number of nitrogens with one attached hydrogen (secondary N) is 1. The number of aliphatic hydroxyl groups is 1. The van der Waals surface area contributed by atoms with Crippen LogP contribution in [0.25, 0.3) is 11.2 Å². The number of nitrogens with two attached hydrogens (primary N) is 1. The summed E-state index contributed by atoms with van der Waals surface area (Å²) in [6.07, 6.45) is 2.98. The van der Waals surface area contributed by atoms with E-state index in [0.29, 0.717) is 29.4 Å². The quantitative estimate of drug-likeness (QED) is 0.350. The lowest BCUT2D eigenvalue weighted by Gasteiger charge is -2.19. The van der Waals surface area contributed by atoms with Gasteiger partial charge in [-0.25, -0.2) is 15.0 Å². The van der Waals surface area contributed by atoms with Gasteiger partial charge in [0.15, 0.2) is 17.0 Å². The Morgan fingerprint density at radius 1 is 1.03 bits per heavy atom. The zero-order valence-corrected chi connectivity index (χ0v) is 20.3. The zero-order valence-electron chi connectivity index (χ0n) is 20.3. The number of aromatic nitrogens is 4. The van der Waals surface area contributed by atoms with Crippen LogP contribution in [-0.2, 0) is 11.3 Å². The third-order valence-corrected chi connectivity index (χ3v) is 6.13. The number of nitrogens with zero attached hydrogens (tertiary/aromatic N) is 4. The number of ether oxygens (including phenoxy) is 1. The molecule has 4 N–H and O–H groups in total. The van der Waals surface area contributed by atoms with Crippen molar-refractivity contribution < 1.29 is 9.84 Å². The maximum atomic E-state index is 9.43. The van der Waals surface area contributed by atoms with Gasteiger partial charge in [-0.3, -0.25) is 4.57 Å². The van der Waals surface area contributed by atoms with Crippen molar-refractivity contribution in [2.45, 2.75) is 51.5 Å². The third-order valence-electron chi connectivity index (χ3n) is 6.13. The minimum absolute atomic E-state index is 0.0132. The first-order chi connectivity index (χ1) is 17.3. The average molecular weight is 475 g/mol. The number of aliphatic hydroxyl groups excluding tert-OH is 1. The average Bonchev–Trinajstić information content (AvgIpc) is 3.58. The zero-order chi connectivity index (χ0) is 24.6. The molecule has 1 aliphatic heterocycles. The first-order valence-corrected chi connectivity index (χ1v) is 12.3. The molecule has 4 aromatic rings. The summed E-state index contributed by atoms with van der Waals surface area (Å²) in [5.74, 6) is 1.34. The molecule has 0 saturated carbocycles. The molecule has 3 heterocycles. The highest BCUT2D eigenvalue weighted by molar-refractivity contribution is 5.83. The van der Waals surface area contributed by atoms with Crippen LogP contribution in [0.2, 0.25) is 0 Å². The molecule has 1 aliphatic rings. The molecule has 35 heavy (non-hydrogen) atoms. The summed E-state index contributed by atoms with van der Waals surface area (Å²) in [5, 5.41) is 12.9. The van der Waals surface area contributed by atoms with Crippen LogP contribution in [-0.4, -0.2) is 43.9 Å². The lowest BCUT2D eigenvalue weighted by Crippen LogP contribution is -2.17. The van der Waals surface area contributed by atoms with Crippen molar-refractivity contribution in [1.82, 2.24) is 19.5 Å². The second-order valence-corrected chi connectivity index (χ2v) is 8.24. The number of rotatable bonds is 8. The van der Waals surface area contributed by atoms with Crippen molar-refractivity contribution in [2.75, 3.05) is 18.5 Å². The van der Waals surface area contributed by atoms with Gasteiger partial charge in [-0.2, -0.15) is 0 Å². The maximum absolute atomic E-state index is 9.43. The summed E-state index contributed by atoms with van der Waals surface area (Å²) in [7, 11) is 0. The first-order valence-electron chi connectivity index (χ1n) is 12.3. The predicted octanol–water partition coefficient (Wildman–Crippen LogP) is 4.23. The lowest BCUT2D eigenvalue weighted by molar-refractivity contribution is -0.0207. The molecule has 0 aliphatic carbocycles. The number of imidazole rings is 1. The number of hydrogen-bond donors (Lipinski definition) is 3. The Morgan fingerprint density at radius 2 is 1.69 bits per heavy atom. The van der Waals surface area contributed by atoms with Crippen LogP contribution < -0.4 is 11.1 Å². The summed E-state index contributed by atoms with van der Waals surface area (Å²) < 4.78 is 7.87. The van der Waals surface area contributed by atoms with Crippen molar-refractivity contribution in [3.05, 3.63) is 83.9 Å². The number of anilines is 1. The van der Waals surface area contributed by atoms with Crippen LogP contribution in [0.4, 0.5) is 5.82 Å². The molecule has 1 saturated heterocycles. The van der Waals surface area contributed by atoms with Gasteiger partial charge < -0.3 is 20.9 Å². The molecule has 8 nitrogen and oxygen atoms in total. The topological polar surface area (TPSA) is 111 Å². The fourth-order valence-electron chi connectivity index (χ4n) is 4.41. The Hall–Kier alpha value is -3.33. The summed E-state index contributed by atoms with van der Waals surface area (Å²) in [4.78, 5) is 13.9.